The van der Waals surface area contributed by atoms with Crippen LogP contribution in [-0.4, -0.2) is 56.7 Å². The minimum Gasteiger partial charge on any atom is -0.487 e. The van der Waals surface area contributed by atoms with E-state index in [9.17, 15) is 13.6 Å². The number of halogens is 2. The van der Waals surface area contributed by atoms with Crippen LogP contribution in [-0.2, 0) is 17.8 Å². The lowest BCUT2D eigenvalue weighted by molar-refractivity contribution is -0.129. The third-order valence-corrected chi connectivity index (χ3v) is 6.14. The summed E-state index contributed by atoms with van der Waals surface area (Å²) in [7, 11) is 0. The standard InChI is InChI=1S/C23H24F2N6O2/c1-14(32)31-9-6-19-20(13-31)28-22(15-11-26-27-12-15)23(29-19)30-7-4-17(5-8-30)33-21-3-2-16(24)10-18(21)25/h2-3,10-12,17H,4-9,13H2,1H3,(H,26,27). The van der Waals surface area contributed by atoms with Gasteiger partial charge in [-0.05, 0) is 12.1 Å². The predicted molar refractivity (Wildman–Crippen MR) is 117 cm³/mol. The van der Waals surface area contributed by atoms with Crippen molar-refractivity contribution >= 4 is 11.7 Å². The van der Waals surface area contributed by atoms with Crippen LogP contribution in [0.25, 0.3) is 11.3 Å². The maximum Gasteiger partial charge on any atom is 0.219 e. The van der Waals surface area contributed by atoms with Gasteiger partial charge in [-0.2, -0.15) is 5.10 Å². The van der Waals surface area contributed by atoms with Gasteiger partial charge in [0.2, 0.25) is 5.91 Å². The summed E-state index contributed by atoms with van der Waals surface area (Å²) in [6.45, 7) is 3.95. The van der Waals surface area contributed by atoms with Gasteiger partial charge in [-0.25, -0.2) is 18.7 Å². The van der Waals surface area contributed by atoms with Gasteiger partial charge in [0.05, 0.1) is 24.1 Å². The minimum absolute atomic E-state index is 0.0241. The molecule has 0 atom stereocenters. The first-order chi connectivity index (χ1) is 16.0. The van der Waals surface area contributed by atoms with Gasteiger partial charge >= 0.3 is 0 Å². The molecule has 1 fully saturated rings. The Morgan fingerprint density at radius 3 is 2.67 bits per heavy atom. The molecule has 33 heavy (non-hydrogen) atoms. The van der Waals surface area contributed by atoms with Crippen LogP contribution >= 0.6 is 0 Å². The van der Waals surface area contributed by atoms with Gasteiger partial charge in [-0.1, -0.05) is 0 Å². The highest BCUT2D eigenvalue weighted by atomic mass is 19.1. The van der Waals surface area contributed by atoms with Crippen LogP contribution in [0, 0.1) is 11.6 Å². The van der Waals surface area contributed by atoms with Gasteiger partial charge in [0.25, 0.3) is 0 Å². The fourth-order valence-corrected chi connectivity index (χ4v) is 4.32. The van der Waals surface area contributed by atoms with Gasteiger partial charge in [-0.3, -0.25) is 9.89 Å². The molecule has 0 spiro atoms. The Labute approximate surface area is 189 Å². The fourth-order valence-electron chi connectivity index (χ4n) is 4.32. The summed E-state index contributed by atoms with van der Waals surface area (Å²) in [6.07, 6.45) is 5.30. The second kappa shape index (κ2) is 8.76. The number of fused-ring (bicyclic) bond motifs is 1. The van der Waals surface area contributed by atoms with E-state index in [4.69, 9.17) is 14.7 Å². The van der Waals surface area contributed by atoms with E-state index >= 15 is 0 Å². The molecular weight excluding hydrogens is 430 g/mol. The van der Waals surface area contributed by atoms with E-state index in [1.165, 1.54) is 12.1 Å². The van der Waals surface area contributed by atoms with Gasteiger partial charge in [0, 0.05) is 63.6 Å². The number of amides is 1. The van der Waals surface area contributed by atoms with Crippen molar-refractivity contribution in [3.05, 3.63) is 53.6 Å². The molecule has 172 valence electrons. The van der Waals surface area contributed by atoms with Crippen LogP contribution < -0.4 is 9.64 Å². The quantitative estimate of drug-likeness (QED) is 0.652. The number of aromatic nitrogens is 4. The van der Waals surface area contributed by atoms with Crippen LogP contribution in [0.1, 0.15) is 31.2 Å². The van der Waals surface area contributed by atoms with Crippen molar-refractivity contribution in [2.45, 2.75) is 38.8 Å². The summed E-state index contributed by atoms with van der Waals surface area (Å²) in [6, 6.07) is 3.35. The largest absolute Gasteiger partial charge is 0.487 e. The van der Waals surface area contributed by atoms with Crippen molar-refractivity contribution in [2.24, 2.45) is 0 Å². The zero-order chi connectivity index (χ0) is 22.9. The number of piperidine rings is 1. The highest BCUT2D eigenvalue weighted by Crippen LogP contribution is 2.32. The summed E-state index contributed by atoms with van der Waals surface area (Å²) in [4.78, 5) is 25.6. The van der Waals surface area contributed by atoms with Crippen molar-refractivity contribution in [2.75, 3.05) is 24.5 Å². The average molecular weight is 454 g/mol. The molecule has 0 bridgehead atoms. The molecule has 0 saturated carbocycles. The Hall–Kier alpha value is -3.56. The van der Waals surface area contributed by atoms with E-state index in [2.05, 4.69) is 15.1 Å². The lowest BCUT2D eigenvalue weighted by atomic mass is 10.1. The molecule has 3 aromatic rings. The molecule has 1 saturated heterocycles. The molecule has 10 heteroatoms. The van der Waals surface area contributed by atoms with Gasteiger partial charge in [0.15, 0.2) is 17.4 Å². The van der Waals surface area contributed by atoms with Crippen LogP contribution in [0.5, 0.6) is 5.75 Å². The van der Waals surface area contributed by atoms with Crippen molar-refractivity contribution < 1.29 is 18.3 Å². The normalized spacial score (nSPS) is 16.6. The molecule has 2 aromatic heterocycles. The highest BCUT2D eigenvalue weighted by Gasteiger charge is 2.28. The first-order valence-corrected chi connectivity index (χ1v) is 11.0. The maximum absolute atomic E-state index is 14.0. The topological polar surface area (TPSA) is 87.2 Å². The highest BCUT2D eigenvalue weighted by molar-refractivity contribution is 5.74. The van der Waals surface area contributed by atoms with Crippen LogP contribution in [0.4, 0.5) is 14.6 Å². The molecular formula is C23H24F2N6O2. The van der Waals surface area contributed by atoms with Crippen molar-refractivity contribution in [3.63, 3.8) is 0 Å². The number of hydrogen-bond donors (Lipinski definition) is 1. The van der Waals surface area contributed by atoms with E-state index < -0.39 is 11.6 Å². The molecule has 5 rings (SSSR count). The summed E-state index contributed by atoms with van der Waals surface area (Å²) in [5, 5.41) is 6.88. The predicted octanol–water partition coefficient (Wildman–Crippen LogP) is 3.10. The average Bonchev–Trinajstić information content (AvgIpc) is 3.35. The summed E-state index contributed by atoms with van der Waals surface area (Å²) >= 11 is 0. The zero-order valence-electron chi connectivity index (χ0n) is 18.2. The smallest absolute Gasteiger partial charge is 0.219 e. The Kier molecular flexibility index (Phi) is 5.65. The monoisotopic (exact) mass is 454 g/mol. The van der Waals surface area contributed by atoms with Crippen molar-refractivity contribution in [3.8, 4) is 17.0 Å². The number of anilines is 1. The molecule has 0 radical (unpaired) electrons. The molecule has 8 nitrogen and oxygen atoms in total. The molecule has 4 heterocycles. The summed E-state index contributed by atoms with van der Waals surface area (Å²) in [5.41, 5.74) is 3.26. The number of carbonyl (C=O) groups is 1. The fraction of sp³-hybridized carbons (Fsp3) is 0.391. The zero-order valence-corrected chi connectivity index (χ0v) is 18.2. The lowest BCUT2D eigenvalue weighted by Crippen LogP contribution is -2.40. The second-order valence-corrected chi connectivity index (χ2v) is 8.35. The molecule has 1 amide bonds. The third kappa shape index (κ3) is 4.37. The SMILES string of the molecule is CC(=O)N1CCc2nc(N3CCC(Oc4ccc(F)cc4F)CC3)c(-c3cn[nH]c3)nc2C1. The Balaban J connectivity index is 1.36. The van der Waals surface area contributed by atoms with Crippen LogP contribution in [0.3, 0.4) is 0 Å². The molecule has 2 aliphatic heterocycles. The minimum atomic E-state index is -0.695. The lowest BCUT2D eigenvalue weighted by Gasteiger charge is -2.35. The first-order valence-electron chi connectivity index (χ1n) is 11.0. The molecule has 1 aromatic carbocycles. The van der Waals surface area contributed by atoms with Crippen LogP contribution in [0.2, 0.25) is 0 Å². The number of nitrogens with zero attached hydrogens (tertiary/aromatic N) is 5. The maximum atomic E-state index is 14.0. The van der Waals surface area contributed by atoms with E-state index in [0.717, 1.165) is 34.5 Å². The summed E-state index contributed by atoms with van der Waals surface area (Å²) < 4.78 is 32.9. The number of benzene rings is 1. The molecule has 1 N–H and O–H groups in total. The second-order valence-electron chi connectivity index (χ2n) is 8.35. The Morgan fingerprint density at radius 1 is 1.15 bits per heavy atom. The van der Waals surface area contributed by atoms with E-state index in [1.54, 1.807) is 24.2 Å². The number of rotatable bonds is 4. The Morgan fingerprint density at radius 2 is 1.97 bits per heavy atom. The van der Waals surface area contributed by atoms with Crippen molar-refractivity contribution in [1.82, 2.24) is 25.1 Å². The number of aromatic amines is 1. The van der Waals surface area contributed by atoms with Crippen LogP contribution in [0.15, 0.2) is 30.6 Å². The number of nitrogens with one attached hydrogen (secondary N) is 1. The molecule has 0 aliphatic carbocycles. The van der Waals surface area contributed by atoms with E-state index in [0.29, 0.717) is 45.4 Å². The number of carbonyl (C=O) groups excluding carboxylic acids is 1. The molecule has 0 unspecified atom stereocenters. The number of ether oxygens (including phenoxy) is 1. The van der Waals surface area contributed by atoms with E-state index in [1.807, 2.05) is 0 Å². The van der Waals surface area contributed by atoms with Gasteiger partial charge < -0.3 is 14.5 Å². The van der Waals surface area contributed by atoms with Gasteiger partial charge in [-0.15, -0.1) is 0 Å². The molecule has 2 aliphatic rings. The number of hydrogen-bond acceptors (Lipinski definition) is 6. The first kappa shape index (κ1) is 21.3. The van der Waals surface area contributed by atoms with Gasteiger partial charge in [0.1, 0.15) is 17.6 Å². The Bertz CT molecular complexity index is 1160. The van der Waals surface area contributed by atoms with Crippen molar-refractivity contribution in [1.29, 1.82) is 0 Å². The summed E-state index contributed by atoms with van der Waals surface area (Å²) in [5.74, 6) is -0.454. The van der Waals surface area contributed by atoms with E-state index in [-0.39, 0.29) is 17.8 Å². The number of H-pyrrole nitrogens is 1. The third-order valence-electron chi connectivity index (χ3n) is 6.14.